The van der Waals surface area contributed by atoms with E-state index < -0.39 is 8.07 Å². The van der Waals surface area contributed by atoms with Gasteiger partial charge in [0.2, 0.25) is 0 Å². The summed E-state index contributed by atoms with van der Waals surface area (Å²) in [6.45, 7) is 14.1. The summed E-state index contributed by atoms with van der Waals surface area (Å²) in [5.41, 5.74) is 8.16. The Morgan fingerprint density at radius 1 is 0.600 bits per heavy atom. The van der Waals surface area contributed by atoms with Crippen molar-refractivity contribution >= 4 is 40.0 Å². The topological polar surface area (TPSA) is 0 Å². The first-order valence-corrected chi connectivity index (χ1v) is 18.6. The summed E-state index contributed by atoms with van der Waals surface area (Å²) in [6, 6.07) is 43.4. The molecule has 6 aromatic carbocycles. The molecule has 0 heterocycles. The molecule has 6 rings (SSSR count). The van der Waals surface area contributed by atoms with Gasteiger partial charge in [-0.05, 0) is 34.1 Å². The van der Waals surface area contributed by atoms with Crippen LogP contribution < -0.4 is 10.4 Å². The second-order valence-electron chi connectivity index (χ2n) is 13.1. The average molecular weight is 773 g/mol. The van der Waals surface area contributed by atoms with Crippen LogP contribution in [0, 0.1) is 14.9 Å². The van der Waals surface area contributed by atoms with Gasteiger partial charge in [0.05, 0.1) is 8.07 Å². The fraction of sp³-hybridized carbons (Fsp3) is 0.256. The third-order valence-electron chi connectivity index (χ3n) is 9.53. The third kappa shape index (κ3) is 7.13. The van der Waals surface area contributed by atoms with Crippen molar-refractivity contribution in [2.75, 3.05) is 0 Å². The second kappa shape index (κ2) is 15.2. The van der Waals surface area contributed by atoms with Crippen LogP contribution >= 0.6 is 0 Å². The Bertz CT molecular complexity index is 1720. The van der Waals surface area contributed by atoms with Crippen LogP contribution in [0.1, 0.15) is 70.4 Å². The number of hydrogen-bond donors (Lipinski definition) is 0. The molecular formula is C43H50HfSi. The van der Waals surface area contributed by atoms with E-state index in [-0.39, 0.29) is 40.7 Å². The van der Waals surface area contributed by atoms with Gasteiger partial charge < -0.3 is 14.9 Å². The van der Waals surface area contributed by atoms with Crippen LogP contribution in [0.25, 0.3) is 43.8 Å². The van der Waals surface area contributed by atoms with Gasteiger partial charge in [0, 0.05) is 0 Å². The van der Waals surface area contributed by atoms with Crippen LogP contribution in [0.3, 0.4) is 0 Å². The van der Waals surface area contributed by atoms with E-state index >= 15 is 0 Å². The first kappa shape index (κ1) is 36.7. The summed E-state index contributed by atoms with van der Waals surface area (Å²) < 4.78 is 0. The van der Waals surface area contributed by atoms with Crippen molar-refractivity contribution in [3.8, 4) is 22.3 Å². The Hall–Kier alpha value is -2.81. The summed E-state index contributed by atoms with van der Waals surface area (Å²) >= 11 is 0. The normalized spacial score (nSPS) is 11.5. The van der Waals surface area contributed by atoms with Crippen LogP contribution in [0.2, 0.25) is 12.6 Å². The first-order chi connectivity index (χ1) is 20.3. The average Bonchev–Trinajstić information content (AvgIpc) is 3.65. The molecule has 45 heavy (non-hydrogen) atoms. The maximum Gasteiger partial charge on any atom is 4.00 e. The quantitative estimate of drug-likeness (QED) is 0.101. The minimum atomic E-state index is -1.99. The van der Waals surface area contributed by atoms with Gasteiger partial charge in [-0.15, -0.1) is 68.3 Å². The predicted molar refractivity (Wildman–Crippen MR) is 202 cm³/mol. The van der Waals surface area contributed by atoms with E-state index in [2.05, 4.69) is 150 Å². The van der Waals surface area contributed by atoms with Crippen LogP contribution in [-0.4, -0.2) is 8.07 Å². The van der Waals surface area contributed by atoms with E-state index in [1.807, 2.05) is 0 Å². The zero-order valence-electron chi connectivity index (χ0n) is 28.7. The van der Waals surface area contributed by atoms with Gasteiger partial charge >= 0.3 is 25.8 Å². The SMILES string of the molecule is CCCC[Si](C)(c1cc2c(-c3cccc(C(C)C)c3)cccc2[cH-]1)c1cc2c(-c3cccc(C(C)C)c3)cccc2[cH-]1.[CH3-].[CH3-].[Hf+4]. The minimum absolute atomic E-state index is 0. The number of unbranched alkanes of at least 4 members (excludes halogenated alkanes) is 1. The van der Waals surface area contributed by atoms with Gasteiger partial charge in [-0.25, -0.2) is 0 Å². The van der Waals surface area contributed by atoms with Gasteiger partial charge in [0.15, 0.2) is 0 Å². The molecule has 6 aromatic rings. The molecule has 0 fully saturated rings. The Kier molecular flexibility index (Phi) is 12.4. The maximum atomic E-state index is 2.61. The maximum absolute atomic E-state index is 2.61. The molecule has 0 bridgehead atoms. The van der Waals surface area contributed by atoms with Crippen LogP contribution in [0.15, 0.2) is 109 Å². The molecular weight excluding hydrogens is 723 g/mol. The Balaban J connectivity index is 0.00000184. The van der Waals surface area contributed by atoms with Crippen molar-refractivity contribution in [2.45, 2.75) is 71.9 Å². The summed E-state index contributed by atoms with van der Waals surface area (Å²) in [7, 11) is -1.99. The van der Waals surface area contributed by atoms with Gasteiger partial charge in [-0.3, -0.25) is 0 Å². The standard InChI is InChI=1S/C41H44Si.2CH3.Hf/c1-7-8-21-42(6,36-24-34-17-11-19-38(40(34)26-36)32-15-9-13-30(22-32)28(2)3)37-25-35-18-12-20-39(41(35)27-37)33-16-10-14-31(23-33)29(4)5;;;/h9-20,22-29H,7-8,21H2,1-6H3;2*1H3;/q-2;2*-1;+4. The van der Waals surface area contributed by atoms with Gasteiger partial charge in [-0.1, -0.05) is 132 Å². The molecule has 0 atom stereocenters. The second-order valence-corrected chi connectivity index (χ2v) is 17.4. The minimum Gasteiger partial charge on any atom is -0.358 e. The zero-order valence-corrected chi connectivity index (χ0v) is 33.3. The van der Waals surface area contributed by atoms with Crippen molar-refractivity contribution in [3.63, 3.8) is 0 Å². The van der Waals surface area contributed by atoms with E-state index in [1.54, 1.807) is 10.4 Å². The number of rotatable bonds is 9. The molecule has 0 N–H and O–H groups in total. The van der Waals surface area contributed by atoms with Gasteiger partial charge in [-0.2, -0.15) is 12.1 Å². The Morgan fingerprint density at radius 2 is 1.02 bits per heavy atom. The van der Waals surface area contributed by atoms with Crippen LogP contribution in [0.5, 0.6) is 0 Å². The van der Waals surface area contributed by atoms with Gasteiger partial charge in [0.25, 0.3) is 0 Å². The van der Waals surface area contributed by atoms with Crippen LogP contribution in [-0.2, 0) is 25.8 Å². The van der Waals surface area contributed by atoms with E-state index in [4.69, 9.17) is 0 Å². The van der Waals surface area contributed by atoms with E-state index in [0.29, 0.717) is 11.8 Å². The largest absolute Gasteiger partial charge is 4.00 e. The fourth-order valence-electron chi connectivity index (χ4n) is 6.73. The van der Waals surface area contributed by atoms with Crippen molar-refractivity contribution in [3.05, 3.63) is 135 Å². The summed E-state index contributed by atoms with van der Waals surface area (Å²) in [6.07, 6.45) is 2.49. The van der Waals surface area contributed by atoms with Crippen LogP contribution in [0.4, 0.5) is 0 Å². The van der Waals surface area contributed by atoms with E-state index in [9.17, 15) is 0 Å². The summed E-state index contributed by atoms with van der Waals surface area (Å²) in [4.78, 5) is 0. The van der Waals surface area contributed by atoms with Crippen molar-refractivity contribution in [1.29, 1.82) is 0 Å². The van der Waals surface area contributed by atoms with Crippen molar-refractivity contribution < 1.29 is 25.8 Å². The summed E-state index contributed by atoms with van der Waals surface area (Å²) in [5, 5.41) is 8.66. The smallest absolute Gasteiger partial charge is 0.358 e. The number of fused-ring (bicyclic) bond motifs is 2. The Morgan fingerprint density at radius 3 is 1.42 bits per heavy atom. The Labute approximate surface area is 293 Å². The molecule has 0 aliphatic heterocycles. The first-order valence-electron chi connectivity index (χ1n) is 15.9. The van der Waals surface area contributed by atoms with Gasteiger partial charge in [0.1, 0.15) is 0 Å². The molecule has 0 aliphatic rings. The summed E-state index contributed by atoms with van der Waals surface area (Å²) in [5.74, 6) is 1.04. The molecule has 0 radical (unpaired) electrons. The monoisotopic (exact) mass is 774 g/mol. The molecule has 2 heteroatoms. The molecule has 0 saturated heterocycles. The van der Waals surface area contributed by atoms with E-state index in [1.165, 1.54) is 73.8 Å². The van der Waals surface area contributed by atoms with Crippen molar-refractivity contribution in [1.82, 2.24) is 0 Å². The molecule has 0 amide bonds. The molecule has 0 unspecified atom stereocenters. The molecule has 0 nitrogen and oxygen atoms in total. The fourth-order valence-corrected chi connectivity index (χ4v) is 10.6. The number of hydrogen-bond acceptors (Lipinski definition) is 0. The van der Waals surface area contributed by atoms with Crippen molar-refractivity contribution in [2.24, 2.45) is 0 Å². The molecule has 0 saturated carbocycles. The van der Waals surface area contributed by atoms with E-state index in [0.717, 1.165) is 0 Å². The predicted octanol–water partition coefficient (Wildman–Crippen LogP) is 11.9. The molecule has 0 aromatic heterocycles. The third-order valence-corrected chi connectivity index (χ3v) is 14.0. The molecule has 230 valence electrons. The number of benzene rings is 4. The molecule has 0 spiro atoms. The zero-order chi connectivity index (χ0) is 29.4. The molecule has 0 aliphatic carbocycles.